The Morgan fingerprint density at radius 2 is 1.85 bits per heavy atom. The molecule has 11 heteroatoms. The highest BCUT2D eigenvalue weighted by Gasteiger charge is 2.38. The number of carbonyl (C=O) groups is 2. The molecular formula is C23H21ClF3N3O4. The number of fused-ring (bicyclic) bond motifs is 1. The van der Waals surface area contributed by atoms with E-state index < -0.39 is 12.1 Å². The van der Waals surface area contributed by atoms with Crippen LogP contribution in [0.4, 0.5) is 18.9 Å². The molecule has 180 valence electrons. The fourth-order valence-electron chi connectivity index (χ4n) is 3.49. The third-order valence-electron chi connectivity index (χ3n) is 5.14. The summed E-state index contributed by atoms with van der Waals surface area (Å²) in [5.74, 6) is -2.08. The summed E-state index contributed by atoms with van der Waals surface area (Å²) >= 11 is 6.08. The Bertz CT molecular complexity index is 1170. The van der Waals surface area contributed by atoms with E-state index in [1.807, 2.05) is 24.3 Å². The van der Waals surface area contributed by atoms with Crippen LogP contribution in [0.5, 0.6) is 5.75 Å². The summed E-state index contributed by atoms with van der Waals surface area (Å²) in [6, 6.07) is 15.0. The predicted octanol–water partition coefficient (Wildman–Crippen LogP) is 4.54. The first kappa shape index (κ1) is 25.1. The van der Waals surface area contributed by atoms with Crippen LogP contribution in [-0.2, 0) is 4.79 Å². The smallest absolute Gasteiger partial charge is 0.490 e. The van der Waals surface area contributed by atoms with Crippen LogP contribution in [0.2, 0.25) is 5.02 Å². The maximum Gasteiger partial charge on any atom is 0.490 e. The number of alkyl halides is 3. The van der Waals surface area contributed by atoms with E-state index in [0.717, 1.165) is 41.9 Å². The number of nitrogens with zero attached hydrogens (tertiary/aromatic N) is 2. The molecular weight excluding hydrogens is 475 g/mol. The highest BCUT2D eigenvalue weighted by molar-refractivity contribution is 6.31. The molecule has 0 bridgehead atoms. The van der Waals surface area contributed by atoms with Gasteiger partial charge in [-0.1, -0.05) is 11.6 Å². The van der Waals surface area contributed by atoms with Gasteiger partial charge in [-0.15, -0.1) is 0 Å². The first-order valence-corrected chi connectivity index (χ1v) is 10.5. The van der Waals surface area contributed by atoms with Gasteiger partial charge in [-0.3, -0.25) is 9.78 Å². The van der Waals surface area contributed by atoms with Gasteiger partial charge in [0.15, 0.2) is 0 Å². The van der Waals surface area contributed by atoms with E-state index in [2.05, 4.69) is 15.2 Å². The van der Waals surface area contributed by atoms with E-state index in [9.17, 15) is 18.0 Å². The number of rotatable bonds is 4. The second-order valence-corrected chi connectivity index (χ2v) is 7.86. The lowest BCUT2D eigenvalue weighted by atomic mass is 10.1. The number of hydrogen-bond donors (Lipinski definition) is 2. The molecule has 1 unspecified atom stereocenters. The van der Waals surface area contributed by atoms with Crippen LogP contribution in [0.3, 0.4) is 0 Å². The molecule has 1 amide bonds. The maximum absolute atomic E-state index is 12.5. The second kappa shape index (κ2) is 10.6. The quantitative estimate of drug-likeness (QED) is 0.552. The van der Waals surface area contributed by atoms with Gasteiger partial charge in [-0.25, -0.2) is 4.79 Å². The van der Waals surface area contributed by atoms with Gasteiger partial charge in [-0.2, -0.15) is 13.2 Å². The molecule has 2 heterocycles. The van der Waals surface area contributed by atoms with Gasteiger partial charge in [0.2, 0.25) is 0 Å². The summed E-state index contributed by atoms with van der Waals surface area (Å²) in [5, 5.41) is 12.0. The molecule has 2 N–H and O–H groups in total. The number of ether oxygens (including phenoxy) is 1. The Morgan fingerprint density at radius 1 is 1.18 bits per heavy atom. The minimum atomic E-state index is -5.08. The molecule has 0 radical (unpaired) electrons. The Balaban J connectivity index is 0.000000406. The van der Waals surface area contributed by atoms with Crippen LogP contribution >= 0.6 is 11.6 Å². The van der Waals surface area contributed by atoms with E-state index in [1.54, 1.807) is 37.6 Å². The maximum atomic E-state index is 12.5. The summed E-state index contributed by atoms with van der Waals surface area (Å²) < 4.78 is 36.9. The van der Waals surface area contributed by atoms with Crippen LogP contribution in [-0.4, -0.2) is 54.4 Å². The van der Waals surface area contributed by atoms with Crippen molar-refractivity contribution in [1.29, 1.82) is 0 Å². The molecule has 1 atom stereocenters. The molecule has 7 nitrogen and oxygen atoms in total. The third-order valence-corrected chi connectivity index (χ3v) is 5.38. The number of nitrogens with one attached hydrogen (secondary N) is 1. The van der Waals surface area contributed by atoms with Crippen LogP contribution in [0.15, 0.2) is 54.7 Å². The highest BCUT2D eigenvalue weighted by Crippen LogP contribution is 2.30. The first-order chi connectivity index (χ1) is 16.1. The minimum Gasteiger partial charge on any atom is -0.497 e. The van der Waals surface area contributed by atoms with Crippen molar-refractivity contribution in [1.82, 2.24) is 10.3 Å². The molecule has 3 aromatic rings. The lowest BCUT2D eigenvalue weighted by Gasteiger charge is -2.21. The zero-order valence-electron chi connectivity index (χ0n) is 18.0. The molecule has 34 heavy (non-hydrogen) atoms. The van der Waals surface area contributed by atoms with E-state index in [-0.39, 0.29) is 11.9 Å². The lowest BCUT2D eigenvalue weighted by molar-refractivity contribution is -0.192. The summed E-state index contributed by atoms with van der Waals surface area (Å²) in [6.07, 6.45) is -2.38. The summed E-state index contributed by atoms with van der Waals surface area (Å²) in [7, 11) is 1.61. The SMILES string of the molecule is COc1ccc(C(=O)NC2CCN(c3ccnc4cc(Cl)ccc34)C2)cc1.O=C(O)C(F)(F)F. The molecule has 1 aliphatic heterocycles. The van der Waals surface area contributed by atoms with E-state index in [1.165, 1.54) is 0 Å². The Kier molecular flexibility index (Phi) is 7.83. The van der Waals surface area contributed by atoms with Crippen molar-refractivity contribution >= 4 is 40.1 Å². The number of anilines is 1. The number of aliphatic carboxylic acids is 1. The number of methoxy groups -OCH3 is 1. The number of amides is 1. The van der Waals surface area contributed by atoms with Crippen molar-refractivity contribution in [3.8, 4) is 5.75 Å². The molecule has 2 aromatic carbocycles. The Morgan fingerprint density at radius 3 is 2.47 bits per heavy atom. The van der Waals surface area contributed by atoms with Crippen molar-refractivity contribution in [2.24, 2.45) is 0 Å². The van der Waals surface area contributed by atoms with Crippen molar-refractivity contribution in [3.05, 3.63) is 65.3 Å². The molecule has 0 saturated carbocycles. The summed E-state index contributed by atoms with van der Waals surface area (Å²) in [4.78, 5) is 28.1. The van der Waals surface area contributed by atoms with Crippen LogP contribution in [0, 0.1) is 0 Å². The highest BCUT2D eigenvalue weighted by atomic mass is 35.5. The van der Waals surface area contributed by atoms with Crippen molar-refractivity contribution in [3.63, 3.8) is 0 Å². The first-order valence-electron chi connectivity index (χ1n) is 10.1. The number of aromatic nitrogens is 1. The molecule has 1 aromatic heterocycles. The number of pyridine rings is 1. The second-order valence-electron chi connectivity index (χ2n) is 7.43. The Labute approximate surface area is 198 Å². The summed E-state index contributed by atoms with van der Waals surface area (Å²) in [6.45, 7) is 1.65. The number of carboxylic acid groups (broad SMARTS) is 1. The molecule has 1 fully saturated rings. The van der Waals surface area contributed by atoms with Crippen LogP contribution in [0.1, 0.15) is 16.8 Å². The number of halogens is 4. The molecule has 1 aliphatic rings. The van der Waals surface area contributed by atoms with Gasteiger partial charge in [0.1, 0.15) is 5.75 Å². The van der Waals surface area contributed by atoms with Gasteiger partial charge >= 0.3 is 12.1 Å². The van der Waals surface area contributed by atoms with Crippen LogP contribution < -0.4 is 15.0 Å². The average Bonchev–Trinajstić information content (AvgIpc) is 3.26. The number of hydrogen-bond acceptors (Lipinski definition) is 5. The molecule has 0 aliphatic carbocycles. The van der Waals surface area contributed by atoms with E-state index in [4.69, 9.17) is 26.2 Å². The number of benzene rings is 2. The molecule has 1 saturated heterocycles. The average molecular weight is 496 g/mol. The fourth-order valence-corrected chi connectivity index (χ4v) is 3.66. The van der Waals surface area contributed by atoms with Gasteiger partial charge in [0, 0.05) is 47.0 Å². The standard InChI is InChI=1S/C21H20ClN3O2.C2HF3O2/c1-27-17-5-2-14(3-6-17)21(26)24-16-9-11-25(13-16)20-8-10-23-19-12-15(22)4-7-18(19)20;3-2(4,5)1(6)7/h2-8,10,12,16H,9,11,13H2,1H3,(H,24,26);(H,6,7). The number of carboxylic acids is 1. The predicted molar refractivity (Wildman–Crippen MR) is 122 cm³/mol. The van der Waals surface area contributed by atoms with Gasteiger partial charge < -0.3 is 20.1 Å². The van der Waals surface area contributed by atoms with Gasteiger partial charge in [0.25, 0.3) is 5.91 Å². The largest absolute Gasteiger partial charge is 0.497 e. The number of carbonyl (C=O) groups excluding carboxylic acids is 1. The zero-order valence-corrected chi connectivity index (χ0v) is 18.7. The monoisotopic (exact) mass is 495 g/mol. The van der Waals surface area contributed by atoms with E-state index in [0.29, 0.717) is 10.6 Å². The zero-order chi connectivity index (χ0) is 24.9. The minimum absolute atomic E-state index is 0.0594. The molecule has 0 spiro atoms. The summed E-state index contributed by atoms with van der Waals surface area (Å²) in [5.41, 5.74) is 2.64. The Hall–Kier alpha value is -3.53. The van der Waals surface area contributed by atoms with Crippen LogP contribution in [0.25, 0.3) is 10.9 Å². The topological polar surface area (TPSA) is 91.8 Å². The third kappa shape index (κ3) is 6.28. The lowest BCUT2D eigenvalue weighted by Crippen LogP contribution is -2.37. The van der Waals surface area contributed by atoms with Crippen molar-refractivity contribution in [2.45, 2.75) is 18.6 Å². The van der Waals surface area contributed by atoms with Crippen molar-refractivity contribution < 1.29 is 32.6 Å². The molecule has 4 rings (SSSR count). The van der Waals surface area contributed by atoms with Gasteiger partial charge in [-0.05, 0) is 55.0 Å². The van der Waals surface area contributed by atoms with E-state index >= 15 is 0 Å². The van der Waals surface area contributed by atoms with Gasteiger partial charge in [0.05, 0.1) is 12.6 Å². The van der Waals surface area contributed by atoms with Crippen molar-refractivity contribution in [2.75, 3.05) is 25.1 Å². The normalized spacial score (nSPS) is 15.4. The fraction of sp³-hybridized carbons (Fsp3) is 0.261.